The van der Waals surface area contributed by atoms with Crippen LogP contribution in [0.25, 0.3) is 0 Å². The van der Waals surface area contributed by atoms with Crippen molar-refractivity contribution < 1.29 is 4.74 Å². The maximum Gasteiger partial charge on any atom is 0.290 e. The Labute approximate surface area is 76.5 Å². The number of anilines is 1. The molecule has 1 heterocycles. The summed E-state index contributed by atoms with van der Waals surface area (Å²) in [5, 5.41) is 2.90. The zero-order valence-corrected chi connectivity index (χ0v) is 8.13. The number of nitrogens with two attached hydrogens (primary N) is 1. The maximum absolute atomic E-state index is 11.5. The van der Waals surface area contributed by atoms with Crippen molar-refractivity contribution in [2.75, 3.05) is 12.8 Å². The molecule has 5 nitrogen and oxygen atoms in total. The minimum atomic E-state index is -0.179. The molecule has 0 fully saturated rings. The zero-order chi connectivity index (χ0) is 10.0. The van der Waals surface area contributed by atoms with E-state index in [9.17, 15) is 4.79 Å². The Morgan fingerprint density at radius 3 is 2.62 bits per heavy atom. The van der Waals surface area contributed by atoms with E-state index in [-0.39, 0.29) is 17.3 Å². The monoisotopic (exact) mass is 185 g/mol. The van der Waals surface area contributed by atoms with Gasteiger partial charge in [-0.25, -0.2) is 4.68 Å². The molecular formula is C8H15N3O2. The molecule has 1 rings (SSSR count). The highest BCUT2D eigenvalue weighted by atomic mass is 16.5. The molecule has 13 heavy (non-hydrogen) atoms. The molecule has 0 spiro atoms. The van der Waals surface area contributed by atoms with E-state index >= 15 is 0 Å². The fourth-order valence-electron chi connectivity index (χ4n) is 1.13. The smallest absolute Gasteiger partial charge is 0.290 e. The molecule has 0 saturated heterocycles. The summed E-state index contributed by atoms with van der Waals surface area (Å²) in [5.74, 6) is 0. The van der Waals surface area contributed by atoms with E-state index in [1.54, 1.807) is 7.11 Å². The summed E-state index contributed by atoms with van der Waals surface area (Å²) in [7, 11) is 1.56. The third kappa shape index (κ3) is 1.75. The van der Waals surface area contributed by atoms with Gasteiger partial charge in [-0.05, 0) is 13.8 Å². The van der Waals surface area contributed by atoms with Crippen LogP contribution < -0.4 is 11.3 Å². The molecule has 0 aromatic carbocycles. The van der Waals surface area contributed by atoms with Crippen LogP contribution in [-0.2, 0) is 11.3 Å². The fourth-order valence-corrected chi connectivity index (χ4v) is 1.13. The van der Waals surface area contributed by atoms with E-state index in [0.717, 1.165) is 0 Å². The number of nitrogens with one attached hydrogen (secondary N) is 1. The number of methoxy groups -OCH3 is 1. The van der Waals surface area contributed by atoms with Gasteiger partial charge in [0.1, 0.15) is 5.69 Å². The molecule has 3 N–H and O–H groups in total. The fraction of sp³-hybridized carbons (Fsp3) is 0.625. The van der Waals surface area contributed by atoms with Crippen LogP contribution in [0.5, 0.6) is 0 Å². The average molecular weight is 185 g/mol. The molecule has 0 aliphatic carbocycles. The van der Waals surface area contributed by atoms with E-state index in [1.807, 2.05) is 13.8 Å². The van der Waals surface area contributed by atoms with Crippen molar-refractivity contribution in [1.82, 2.24) is 9.78 Å². The predicted molar refractivity (Wildman–Crippen MR) is 50.6 cm³/mol. The van der Waals surface area contributed by atoms with Gasteiger partial charge < -0.3 is 10.5 Å². The maximum atomic E-state index is 11.5. The largest absolute Gasteiger partial charge is 0.393 e. The molecular weight excluding hydrogens is 170 g/mol. The van der Waals surface area contributed by atoms with Crippen LogP contribution in [0.4, 0.5) is 5.69 Å². The van der Waals surface area contributed by atoms with Crippen LogP contribution in [-0.4, -0.2) is 16.9 Å². The Morgan fingerprint density at radius 2 is 2.23 bits per heavy atom. The Bertz CT molecular complexity index is 338. The van der Waals surface area contributed by atoms with Gasteiger partial charge in [0, 0.05) is 13.2 Å². The van der Waals surface area contributed by atoms with Gasteiger partial charge in [0.05, 0.1) is 12.3 Å². The number of nitrogen functional groups attached to an aromatic ring is 1. The Morgan fingerprint density at radius 1 is 1.62 bits per heavy atom. The summed E-state index contributed by atoms with van der Waals surface area (Å²) in [6.07, 6.45) is 0. The van der Waals surface area contributed by atoms with Crippen molar-refractivity contribution in [3.8, 4) is 0 Å². The van der Waals surface area contributed by atoms with Gasteiger partial charge in [0.25, 0.3) is 5.56 Å². The lowest BCUT2D eigenvalue weighted by Crippen LogP contribution is -2.20. The second kappa shape index (κ2) is 3.66. The number of H-pyrrole nitrogens is 1. The quantitative estimate of drug-likeness (QED) is 0.719. The molecule has 0 bridgehead atoms. The highest BCUT2D eigenvalue weighted by molar-refractivity contribution is 5.40. The number of aromatic amines is 1. The number of nitrogens with zero attached hydrogens (tertiary/aromatic N) is 1. The van der Waals surface area contributed by atoms with E-state index < -0.39 is 0 Å². The van der Waals surface area contributed by atoms with Crippen molar-refractivity contribution in [2.45, 2.75) is 26.5 Å². The summed E-state index contributed by atoms with van der Waals surface area (Å²) in [5.41, 5.74) is 6.29. The highest BCUT2D eigenvalue weighted by Gasteiger charge is 2.11. The van der Waals surface area contributed by atoms with Gasteiger partial charge in [-0.3, -0.25) is 9.89 Å². The van der Waals surface area contributed by atoms with Gasteiger partial charge in [0.2, 0.25) is 0 Å². The number of aromatic nitrogens is 2. The van der Waals surface area contributed by atoms with Crippen LogP contribution >= 0.6 is 0 Å². The summed E-state index contributed by atoms with van der Waals surface area (Å²) >= 11 is 0. The number of hydrogen-bond acceptors (Lipinski definition) is 3. The lowest BCUT2D eigenvalue weighted by molar-refractivity contribution is 0.181. The molecule has 5 heteroatoms. The predicted octanol–water partition coefficient (Wildman–Crippen LogP) is 0.486. The summed E-state index contributed by atoms with van der Waals surface area (Å²) in [6, 6.07) is 0.0837. The van der Waals surface area contributed by atoms with E-state index in [4.69, 9.17) is 10.5 Å². The first kappa shape index (κ1) is 9.85. The molecule has 0 radical (unpaired) electrons. The molecule has 0 aliphatic heterocycles. The van der Waals surface area contributed by atoms with E-state index in [2.05, 4.69) is 5.10 Å². The first-order valence-corrected chi connectivity index (χ1v) is 4.15. The Kier molecular flexibility index (Phi) is 2.77. The first-order valence-electron chi connectivity index (χ1n) is 4.15. The standard InChI is InChI=1S/C8H15N3O2/c1-5(2)11-8(12)7(9)6(10-11)4-13-3/h5,10H,4,9H2,1-3H3. The molecule has 0 atom stereocenters. The van der Waals surface area contributed by atoms with Crippen molar-refractivity contribution in [1.29, 1.82) is 0 Å². The second-order valence-electron chi connectivity index (χ2n) is 3.21. The normalized spacial score (nSPS) is 11.1. The third-order valence-corrected chi connectivity index (χ3v) is 1.83. The van der Waals surface area contributed by atoms with Crippen molar-refractivity contribution in [3.63, 3.8) is 0 Å². The number of rotatable bonds is 3. The SMILES string of the molecule is COCc1[nH]n(C(C)C)c(=O)c1N. The Hall–Kier alpha value is -1.23. The summed E-state index contributed by atoms with van der Waals surface area (Å²) in [4.78, 5) is 11.5. The van der Waals surface area contributed by atoms with Crippen LogP contribution in [0, 0.1) is 0 Å². The average Bonchev–Trinajstić information content (AvgIpc) is 2.33. The summed E-state index contributed by atoms with van der Waals surface area (Å²) < 4.78 is 6.38. The van der Waals surface area contributed by atoms with Crippen LogP contribution in [0.15, 0.2) is 4.79 Å². The molecule has 74 valence electrons. The van der Waals surface area contributed by atoms with Gasteiger partial charge in [-0.2, -0.15) is 0 Å². The molecule has 0 saturated carbocycles. The topological polar surface area (TPSA) is 73.0 Å². The van der Waals surface area contributed by atoms with Gasteiger partial charge in [-0.15, -0.1) is 0 Å². The third-order valence-electron chi connectivity index (χ3n) is 1.83. The lowest BCUT2D eigenvalue weighted by atomic mass is 10.4. The molecule has 1 aromatic rings. The highest BCUT2D eigenvalue weighted by Crippen LogP contribution is 2.07. The van der Waals surface area contributed by atoms with E-state index in [1.165, 1.54) is 4.68 Å². The minimum Gasteiger partial charge on any atom is -0.393 e. The van der Waals surface area contributed by atoms with Crippen molar-refractivity contribution in [2.24, 2.45) is 0 Å². The van der Waals surface area contributed by atoms with Crippen molar-refractivity contribution in [3.05, 3.63) is 16.0 Å². The zero-order valence-electron chi connectivity index (χ0n) is 8.13. The van der Waals surface area contributed by atoms with Gasteiger partial charge in [0.15, 0.2) is 0 Å². The van der Waals surface area contributed by atoms with E-state index in [0.29, 0.717) is 12.3 Å². The number of ether oxygens (including phenoxy) is 1. The Balaban J connectivity index is 3.13. The van der Waals surface area contributed by atoms with Gasteiger partial charge in [-0.1, -0.05) is 0 Å². The van der Waals surface area contributed by atoms with Gasteiger partial charge >= 0.3 is 0 Å². The molecule has 1 aromatic heterocycles. The van der Waals surface area contributed by atoms with Crippen LogP contribution in [0.2, 0.25) is 0 Å². The minimum absolute atomic E-state index is 0.0837. The lowest BCUT2D eigenvalue weighted by Gasteiger charge is -2.04. The number of hydrogen-bond donors (Lipinski definition) is 2. The van der Waals surface area contributed by atoms with Crippen molar-refractivity contribution >= 4 is 5.69 Å². The molecule has 0 aliphatic rings. The molecule has 0 unspecified atom stereocenters. The second-order valence-corrected chi connectivity index (χ2v) is 3.21. The summed E-state index contributed by atoms with van der Waals surface area (Å²) in [6.45, 7) is 4.16. The van der Waals surface area contributed by atoms with Crippen LogP contribution in [0.1, 0.15) is 25.6 Å². The molecule has 0 amide bonds. The first-order chi connectivity index (χ1) is 6.07. The van der Waals surface area contributed by atoms with Crippen LogP contribution in [0.3, 0.4) is 0 Å².